The van der Waals surface area contributed by atoms with Crippen molar-refractivity contribution in [2.45, 2.75) is 17.9 Å². The minimum absolute atomic E-state index is 0.0582. The van der Waals surface area contributed by atoms with Crippen LogP contribution in [0.4, 0.5) is 0 Å². The Morgan fingerprint density at radius 2 is 2.24 bits per heavy atom. The van der Waals surface area contributed by atoms with Crippen LogP contribution < -0.4 is 10.5 Å². The van der Waals surface area contributed by atoms with Crippen molar-refractivity contribution >= 4 is 38.8 Å². The van der Waals surface area contributed by atoms with Crippen molar-refractivity contribution in [3.05, 3.63) is 34.6 Å². The van der Waals surface area contributed by atoms with Crippen LogP contribution >= 0.6 is 23.8 Å². The molecule has 0 spiro atoms. The fraction of sp³-hybridized carbons (Fsp3) is 0.200. The van der Waals surface area contributed by atoms with Crippen molar-refractivity contribution in [1.82, 2.24) is 25.3 Å². The normalized spacial score (nSPS) is 13.0. The number of benzene rings is 1. The minimum atomic E-state index is -3.89. The molecule has 1 heterocycles. The van der Waals surface area contributed by atoms with Crippen LogP contribution in [0.2, 0.25) is 5.02 Å². The van der Waals surface area contributed by atoms with Gasteiger partial charge in [-0.15, -0.1) is 10.2 Å². The second kappa shape index (κ2) is 6.02. The van der Waals surface area contributed by atoms with Gasteiger partial charge < -0.3 is 5.73 Å². The number of hydrogen-bond donors (Lipinski definition) is 3. The quantitative estimate of drug-likeness (QED) is 0.674. The van der Waals surface area contributed by atoms with E-state index in [0.717, 1.165) is 0 Å². The standard InChI is InChI=1S/C10H11ClN6O2S2/c1-5(10-13-16-17-14-10)15-21(18,19)8-4-6(9(12)20)2-3-7(8)11/h2-5,15H,1H3,(H2,12,20)(H,13,14,16,17). The molecule has 0 fully saturated rings. The van der Waals surface area contributed by atoms with Gasteiger partial charge in [-0.25, -0.2) is 13.1 Å². The summed E-state index contributed by atoms with van der Waals surface area (Å²) in [6, 6.07) is 3.60. The summed E-state index contributed by atoms with van der Waals surface area (Å²) in [7, 11) is -3.89. The highest BCUT2D eigenvalue weighted by molar-refractivity contribution is 7.89. The SMILES string of the molecule is CC(NS(=O)(=O)c1cc(C(N)=S)ccc1Cl)c1nn[nH]n1. The number of thiocarbonyl (C=S) groups is 1. The molecule has 1 aromatic heterocycles. The molecule has 1 atom stereocenters. The van der Waals surface area contributed by atoms with Crippen molar-refractivity contribution in [3.63, 3.8) is 0 Å². The first-order valence-corrected chi connectivity index (χ1v) is 7.93. The van der Waals surface area contributed by atoms with Crippen molar-refractivity contribution < 1.29 is 8.42 Å². The van der Waals surface area contributed by atoms with E-state index in [9.17, 15) is 8.42 Å². The minimum Gasteiger partial charge on any atom is -0.389 e. The Kier molecular flexibility index (Phi) is 4.52. The van der Waals surface area contributed by atoms with Gasteiger partial charge in [0.25, 0.3) is 0 Å². The van der Waals surface area contributed by atoms with Gasteiger partial charge in [0.2, 0.25) is 10.0 Å². The highest BCUT2D eigenvalue weighted by Gasteiger charge is 2.23. The Morgan fingerprint density at radius 3 is 2.81 bits per heavy atom. The average molecular weight is 347 g/mol. The van der Waals surface area contributed by atoms with E-state index in [2.05, 4.69) is 25.3 Å². The Bertz CT molecular complexity index is 762. The van der Waals surface area contributed by atoms with E-state index >= 15 is 0 Å². The predicted molar refractivity (Wildman–Crippen MR) is 80.3 cm³/mol. The van der Waals surface area contributed by atoms with Crippen LogP contribution in [0.1, 0.15) is 24.4 Å². The summed E-state index contributed by atoms with van der Waals surface area (Å²) in [4.78, 5) is -0.0425. The molecule has 0 saturated carbocycles. The van der Waals surface area contributed by atoms with Gasteiger partial charge in [0.15, 0.2) is 5.82 Å². The van der Waals surface area contributed by atoms with E-state index in [1.54, 1.807) is 13.0 Å². The molecule has 0 saturated heterocycles. The summed E-state index contributed by atoms with van der Waals surface area (Å²) < 4.78 is 27.1. The lowest BCUT2D eigenvalue weighted by Crippen LogP contribution is -2.28. The molecular formula is C10H11ClN6O2S2. The van der Waals surface area contributed by atoms with Gasteiger partial charge in [0.1, 0.15) is 9.88 Å². The van der Waals surface area contributed by atoms with E-state index in [4.69, 9.17) is 29.6 Å². The van der Waals surface area contributed by atoms with Crippen LogP contribution in [-0.2, 0) is 10.0 Å². The molecule has 8 nitrogen and oxygen atoms in total. The Hall–Kier alpha value is -1.62. The first kappa shape index (κ1) is 15.8. The summed E-state index contributed by atoms with van der Waals surface area (Å²) in [5.41, 5.74) is 5.90. The van der Waals surface area contributed by atoms with Gasteiger partial charge in [0.05, 0.1) is 11.1 Å². The second-order valence-corrected chi connectivity index (χ2v) is 6.65. The van der Waals surface area contributed by atoms with Crippen LogP contribution in [0.25, 0.3) is 0 Å². The van der Waals surface area contributed by atoms with Crippen LogP contribution in [0.15, 0.2) is 23.1 Å². The Morgan fingerprint density at radius 1 is 1.52 bits per heavy atom. The van der Waals surface area contributed by atoms with Gasteiger partial charge in [0, 0.05) is 5.56 Å². The van der Waals surface area contributed by atoms with Crippen LogP contribution in [0.5, 0.6) is 0 Å². The molecule has 0 aliphatic rings. The number of nitrogens with zero attached hydrogens (tertiary/aromatic N) is 3. The zero-order valence-electron chi connectivity index (χ0n) is 10.7. The molecule has 0 aliphatic heterocycles. The molecule has 0 radical (unpaired) electrons. The Labute approximate surface area is 131 Å². The third kappa shape index (κ3) is 3.53. The summed E-state index contributed by atoms with van der Waals surface area (Å²) in [5, 5.41) is 13.1. The van der Waals surface area contributed by atoms with Gasteiger partial charge in [-0.1, -0.05) is 35.1 Å². The zero-order valence-corrected chi connectivity index (χ0v) is 13.1. The van der Waals surface area contributed by atoms with Crippen molar-refractivity contribution in [3.8, 4) is 0 Å². The second-order valence-electron chi connectivity index (χ2n) is 4.12. The number of sulfonamides is 1. The molecule has 0 amide bonds. The number of nitrogens with two attached hydrogens (primary N) is 1. The van der Waals surface area contributed by atoms with Crippen molar-refractivity contribution in [2.75, 3.05) is 0 Å². The fourth-order valence-electron chi connectivity index (χ4n) is 1.56. The van der Waals surface area contributed by atoms with Crippen LogP contribution in [0, 0.1) is 0 Å². The number of H-pyrrole nitrogens is 1. The molecule has 1 aromatic carbocycles. The van der Waals surface area contributed by atoms with E-state index in [1.807, 2.05) is 0 Å². The molecule has 0 aliphatic carbocycles. The average Bonchev–Trinajstić information content (AvgIpc) is 2.92. The third-order valence-electron chi connectivity index (χ3n) is 2.59. The lowest BCUT2D eigenvalue weighted by Gasteiger charge is -2.12. The lowest BCUT2D eigenvalue weighted by molar-refractivity contribution is 0.560. The van der Waals surface area contributed by atoms with Gasteiger partial charge >= 0.3 is 0 Å². The zero-order chi connectivity index (χ0) is 15.6. The smallest absolute Gasteiger partial charge is 0.242 e. The topological polar surface area (TPSA) is 127 Å². The maximum atomic E-state index is 12.4. The monoisotopic (exact) mass is 346 g/mol. The number of nitrogens with one attached hydrogen (secondary N) is 2. The largest absolute Gasteiger partial charge is 0.389 e. The highest BCUT2D eigenvalue weighted by atomic mass is 35.5. The molecule has 112 valence electrons. The summed E-state index contributed by atoms with van der Waals surface area (Å²) in [6.07, 6.45) is 0. The lowest BCUT2D eigenvalue weighted by atomic mass is 10.2. The fourth-order valence-corrected chi connectivity index (χ4v) is 3.42. The number of halogens is 1. The molecule has 2 aromatic rings. The third-order valence-corrected chi connectivity index (χ3v) is 4.84. The first-order chi connectivity index (χ1) is 9.81. The van der Waals surface area contributed by atoms with Gasteiger partial charge in [-0.3, -0.25) is 0 Å². The number of aromatic nitrogens is 4. The maximum Gasteiger partial charge on any atom is 0.242 e. The van der Waals surface area contributed by atoms with Gasteiger partial charge in [-0.05, 0) is 19.1 Å². The molecule has 1 unspecified atom stereocenters. The summed E-state index contributed by atoms with van der Waals surface area (Å²) in [5.74, 6) is 0.209. The number of tetrazole rings is 1. The van der Waals surface area contributed by atoms with E-state index in [1.165, 1.54) is 12.1 Å². The number of hydrogen-bond acceptors (Lipinski definition) is 6. The highest BCUT2D eigenvalue weighted by Crippen LogP contribution is 2.24. The van der Waals surface area contributed by atoms with E-state index < -0.39 is 16.1 Å². The first-order valence-electron chi connectivity index (χ1n) is 5.66. The maximum absolute atomic E-state index is 12.4. The summed E-state index contributed by atoms with van der Waals surface area (Å²) >= 11 is 10.8. The number of rotatable bonds is 5. The molecule has 11 heteroatoms. The Balaban J connectivity index is 2.35. The van der Waals surface area contributed by atoms with Crippen molar-refractivity contribution in [2.24, 2.45) is 5.73 Å². The van der Waals surface area contributed by atoms with Crippen LogP contribution in [0.3, 0.4) is 0 Å². The van der Waals surface area contributed by atoms with Crippen molar-refractivity contribution in [1.29, 1.82) is 0 Å². The number of aromatic amines is 1. The molecule has 0 bridgehead atoms. The van der Waals surface area contributed by atoms with E-state index in [0.29, 0.717) is 5.56 Å². The molecule has 2 rings (SSSR count). The molecule has 4 N–H and O–H groups in total. The predicted octanol–water partition coefficient (Wildman–Crippen LogP) is 0.527. The van der Waals surface area contributed by atoms with E-state index in [-0.39, 0.29) is 20.7 Å². The molecular weight excluding hydrogens is 336 g/mol. The van der Waals surface area contributed by atoms with Crippen LogP contribution in [-0.4, -0.2) is 34.0 Å². The summed E-state index contributed by atoms with van der Waals surface area (Å²) in [6.45, 7) is 1.58. The van der Waals surface area contributed by atoms with Gasteiger partial charge in [-0.2, -0.15) is 5.21 Å². The molecule has 21 heavy (non-hydrogen) atoms.